The summed E-state index contributed by atoms with van der Waals surface area (Å²) in [4.78, 5) is 31.8. The summed E-state index contributed by atoms with van der Waals surface area (Å²) in [6.07, 6.45) is -6.91. The first-order valence-corrected chi connectivity index (χ1v) is 11.2. The molecule has 8 nitrogen and oxygen atoms in total. The van der Waals surface area contributed by atoms with Gasteiger partial charge in [0.1, 0.15) is 29.2 Å². The maximum absolute atomic E-state index is 14.1. The topological polar surface area (TPSA) is 108 Å². The van der Waals surface area contributed by atoms with Crippen molar-refractivity contribution in [1.29, 1.82) is 0 Å². The summed E-state index contributed by atoms with van der Waals surface area (Å²) in [7, 11) is 0. The third kappa shape index (κ3) is 5.12. The number of amides is 1. The highest BCUT2D eigenvalue weighted by molar-refractivity contribution is 6.06. The van der Waals surface area contributed by atoms with Crippen LogP contribution in [0.5, 0.6) is 0 Å². The zero-order valence-electron chi connectivity index (χ0n) is 19.7. The summed E-state index contributed by atoms with van der Waals surface area (Å²) in [5.74, 6) is -2.66. The van der Waals surface area contributed by atoms with Crippen molar-refractivity contribution in [3.63, 3.8) is 0 Å². The fraction of sp³-hybridized carbons (Fsp3) is 0.0800. The molecule has 3 aromatic heterocycles. The summed E-state index contributed by atoms with van der Waals surface area (Å²) in [5, 5.41) is 4.38. The second-order valence-corrected chi connectivity index (χ2v) is 8.22. The SMILES string of the molecule is O=C(Nc1ccccc1F)c1cc(Nc2ncccc2-c2ncnc3nc[nH]c23)c(C(F)(F)F)cc1C(F)(F)F. The first kappa shape index (κ1) is 26.5. The van der Waals surface area contributed by atoms with Crippen LogP contribution in [0.1, 0.15) is 21.5 Å². The van der Waals surface area contributed by atoms with Gasteiger partial charge in [0.05, 0.1) is 34.4 Å². The van der Waals surface area contributed by atoms with E-state index in [0.717, 1.165) is 12.1 Å². The molecule has 0 saturated carbocycles. The molecule has 3 heterocycles. The molecule has 0 aliphatic rings. The molecule has 0 saturated heterocycles. The van der Waals surface area contributed by atoms with Gasteiger partial charge < -0.3 is 15.6 Å². The van der Waals surface area contributed by atoms with E-state index >= 15 is 0 Å². The van der Waals surface area contributed by atoms with Crippen LogP contribution in [0.4, 0.5) is 47.9 Å². The van der Waals surface area contributed by atoms with Crippen molar-refractivity contribution < 1.29 is 35.5 Å². The predicted molar refractivity (Wildman–Crippen MR) is 129 cm³/mol. The number of hydrogen-bond acceptors (Lipinski definition) is 6. The Balaban J connectivity index is 1.66. The van der Waals surface area contributed by atoms with Crippen molar-refractivity contribution in [1.82, 2.24) is 24.9 Å². The lowest BCUT2D eigenvalue weighted by atomic mass is 9.99. The predicted octanol–water partition coefficient (Wildman–Crippen LogP) is 6.59. The van der Waals surface area contributed by atoms with Gasteiger partial charge in [-0.25, -0.2) is 24.3 Å². The minimum atomic E-state index is -5.36. The molecule has 2 aromatic carbocycles. The number of para-hydroxylation sites is 1. The van der Waals surface area contributed by atoms with Gasteiger partial charge in [0.25, 0.3) is 5.91 Å². The summed E-state index contributed by atoms with van der Waals surface area (Å²) >= 11 is 0. The van der Waals surface area contributed by atoms with E-state index in [1.54, 1.807) is 0 Å². The fourth-order valence-corrected chi connectivity index (χ4v) is 3.91. The number of aromatic nitrogens is 5. The number of nitrogens with zero attached hydrogens (tertiary/aromatic N) is 4. The largest absolute Gasteiger partial charge is 0.418 e. The van der Waals surface area contributed by atoms with Gasteiger partial charge in [-0.05, 0) is 36.4 Å². The van der Waals surface area contributed by atoms with E-state index in [1.165, 1.54) is 43.1 Å². The molecule has 0 fully saturated rings. The number of imidazole rings is 1. The monoisotopic (exact) mass is 561 g/mol. The van der Waals surface area contributed by atoms with Crippen LogP contribution >= 0.6 is 0 Å². The summed E-state index contributed by atoms with van der Waals surface area (Å²) in [5.41, 5.74) is -5.21. The molecule has 40 heavy (non-hydrogen) atoms. The van der Waals surface area contributed by atoms with Gasteiger partial charge >= 0.3 is 12.4 Å². The number of halogens is 7. The highest BCUT2D eigenvalue weighted by Crippen LogP contribution is 2.43. The molecular weight excluding hydrogens is 547 g/mol. The number of aromatic amines is 1. The van der Waals surface area contributed by atoms with Gasteiger partial charge in [-0.2, -0.15) is 26.3 Å². The third-order valence-electron chi connectivity index (χ3n) is 5.67. The van der Waals surface area contributed by atoms with Crippen molar-refractivity contribution in [2.75, 3.05) is 10.6 Å². The molecule has 0 bridgehead atoms. The van der Waals surface area contributed by atoms with Gasteiger partial charge in [0, 0.05) is 11.8 Å². The van der Waals surface area contributed by atoms with Crippen LogP contribution in [-0.4, -0.2) is 30.8 Å². The van der Waals surface area contributed by atoms with E-state index < -0.39 is 52.1 Å². The van der Waals surface area contributed by atoms with Crippen LogP contribution in [0.3, 0.4) is 0 Å². The van der Waals surface area contributed by atoms with Crippen LogP contribution in [-0.2, 0) is 12.4 Å². The Morgan fingerprint density at radius 3 is 2.30 bits per heavy atom. The lowest BCUT2D eigenvalue weighted by Crippen LogP contribution is -2.22. The molecular formula is C25H14F7N7O. The number of pyridine rings is 1. The molecule has 15 heteroatoms. The lowest BCUT2D eigenvalue weighted by Gasteiger charge is -2.21. The second-order valence-electron chi connectivity index (χ2n) is 8.22. The quantitative estimate of drug-likeness (QED) is 0.209. The number of carbonyl (C=O) groups is 1. The number of hydrogen-bond donors (Lipinski definition) is 3. The standard InChI is InChI=1S/C25H14F7N7O/c26-16-5-1-2-6-17(16)39-23(40)13-8-18(15(25(30,31)32)9-14(13)24(27,28)29)38-21-12(4-3-7-33-21)19-20-22(36-10-34-19)37-11-35-20/h1-11H,(H,33,38)(H,39,40)(H,34,35,36,37). The Morgan fingerprint density at radius 1 is 0.825 bits per heavy atom. The summed E-state index contributed by atoms with van der Waals surface area (Å²) in [6.45, 7) is 0. The summed E-state index contributed by atoms with van der Waals surface area (Å²) in [6, 6.07) is 7.77. The number of alkyl halides is 6. The molecule has 0 aliphatic heterocycles. The number of rotatable bonds is 5. The van der Waals surface area contributed by atoms with E-state index in [1.807, 2.05) is 5.32 Å². The first-order chi connectivity index (χ1) is 18.9. The van der Waals surface area contributed by atoms with E-state index in [9.17, 15) is 35.5 Å². The molecule has 204 valence electrons. The number of H-pyrrole nitrogens is 1. The fourth-order valence-electron chi connectivity index (χ4n) is 3.91. The Kier molecular flexibility index (Phi) is 6.57. The highest BCUT2D eigenvalue weighted by Gasteiger charge is 2.42. The van der Waals surface area contributed by atoms with Gasteiger partial charge in [-0.3, -0.25) is 4.79 Å². The van der Waals surface area contributed by atoms with Crippen molar-refractivity contribution in [3.05, 3.63) is 89.9 Å². The van der Waals surface area contributed by atoms with Gasteiger partial charge in [0.2, 0.25) is 0 Å². The van der Waals surface area contributed by atoms with E-state index in [4.69, 9.17) is 0 Å². The maximum atomic E-state index is 14.1. The van der Waals surface area contributed by atoms with E-state index in [-0.39, 0.29) is 28.8 Å². The molecule has 1 amide bonds. The van der Waals surface area contributed by atoms with Gasteiger partial charge in [-0.15, -0.1) is 0 Å². The highest BCUT2D eigenvalue weighted by atomic mass is 19.4. The van der Waals surface area contributed by atoms with Crippen LogP contribution in [0.2, 0.25) is 0 Å². The van der Waals surface area contributed by atoms with Crippen LogP contribution in [0, 0.1) is 5.82 Å². The second kappa shape index (κ2) is 9.91. The van der Waals surface area contributed by atoms with Crippen molar-refractivity contribution in [2.45, 2.75) is 12.4 Å². The molecule has 5 aromatic rings. The molecule has 0 spiro atoms. The smallest absolute Gasteiger partial charge is 0.341 e. The number of anilines is 3. The zero-order chi connectivity index (χ0) is 28.7. The third-order valence-corrected chi connectivity index (χ3v) is 5.67. The van der Waals surface area contributed by atoms with Gasteiger partial charge in [-0.1, -0.05) is 12.1 Å². The molecule has 0 unspecified atom stereocenters. The van der Waals surface area contributed by atoms with E-state index in [0.29, 0.717) is 11.6 Å². The van der Waals surface area contributed by atoms with Crippen molar-refractivity contribution >= 4 is 34.3 Å². The molecule has 3 N–H and O–H groups in total. The number of nitrogens with one attached hydrogen (secondary N) is 3. The van der Waals surface area contributed by atoms with Crippen molar-refractivity contribution in [2.24, 2.45) is 0 Å². The minimum absolute atomic E-state index is 0.157. The molecule has 0 aliphatic carbocycles. The maximum Gasteiger partial charge on any atom is 0.418 e. The Labute approximate surface area is 219 Å². The average Bonchev–Trinajstić information content (AvgIpc) is 3.38. The lowest BCUT2D eigenvalue weighted by molar-refractivity contribution is -0.142. The minimum Gasteiger partial charge on any atom is -0.341 e. The number of fused-ring (bicyclic) bond motifs is 1. The molecule has 0 atom stereocenters. The van der Waals surface area contributed by atoms with Crippen molar-refractivity contribution in [3.8, 4) is 11.3 Å². The summed E-state index contributed by atoms with van der Waals surface area (Å²) < 4.78 is 97.8. The first-order valence-electron chi connectivity index (χ1n) is 11.2. The van der Waals surface area contributed by atoms with Crippen LogP contribution < -0.4 is 10.6 Å². The van der Waals surface area contributed by atoms with E-state index in [2.05, 4.69) is 30.2 Å². The number of benzene rings is 2. The average molecular weight is 561 g/mol. The number of carbonyl (C=O) groups excluding carboxylic acids is 1. The normalized spacial score (nSPS) is 12.0. The van der Waals surface area contributed by atoms with Gasteiger partial charge in [0.15, 0.2) is 5.65 Å². The Hall–Kier alpha value is -5.08. The zero-order valence-corrected chi connectivity index (χ0v) is 19.7. The Bertz CT molecular complexity index is 1730. The van der Waals surface area contributed by atoms with Crippen LogP contribution in [0.15, 0.2) is 67.4 Å². The Morgan fingerprint density at radius 2 is 1.57 bits per heavy atom. The molecule has 0 radical (unpaired) electrons. The van der Waals surface area contributed by atoms with Crippen LogP contribution in [0.25, 0.3) is 22.4 Å². The molecule has 5 rings (SSSR count).